The number of benzene rings is 2. The molecule has 0 saturated carbocycles. The largest absolute Gasteiger partial charge is 0.359 e. The van der Waals surface area contributed by atoms with E-state index in [2.05, 4.69) is 28.0 Å². The van der Waals surface area contributed by atoms with Crippen LogP contribution in [0.4, 0.5) is 5.69 Å². The summed E-state index contributed by atoms with van der Waals surface area (Å²) in [6.45, 7) is 5.16. The van der Waals surface area contributed by atoms with Crippen LogP contribution in [0, 0.1) is 0 Å². The molecule has 0 bridgehead atoms. The van der Waals surface area contributed by atoms with E-state index >= 15 is 0 Å². The Hall–Kier alpha value is -1.98. The first kappa shape index (κ1) is 24.2. The topological polar surface area (TPSA) is 109 Å². The van der Waals surface area contributed by atoms with Crippen LogP contribution in [0.2, 0.25) is 0 Å². The van der Waals surface area contributed by atoms with Crippen molar-refractivity contribution < 1.29 is 25.2 Å². The molecule has 33 heavy (non-hydrogen) atoms. The molecular weight excluding hydrogens is 442 g/mol. The third kappa shape index (κ3) is 5.41. The van der Waals surface area contributed by atoms with Gasteiger partial charge in [0.2, 0.25) is 5.79 Å². The first-order valence-corrected chi connectivity index (χ1v) is 12.1. The fraction of sp³-hybridized carbons (Fsp3) is 0.458. The quantitative estimate of drug-likeness (QED) is 0.452. The number of nitrogens with zero attached hydrogens (tertiary/aromatic N) is 3. The van der Waals surface area contributed by atoms with E-state index in [0.717, 1.165) is 48.2 Å². The van der Waals surface area contributed by atoms with Gasteiger partial charge in [0.25, 0.3) is 0 Å². The fourth-order valence-electron chi connectivity index (χ4n) is 4.04. The number of aliphatic imine (C=N–C) groups is 1. The lowest BCUT2D eigenvalue weighted by atomic mass is 10.1. The maximum absolute atomic E-state index is 9.90. The fourth-order valence-corrected chi connectivity index (χ4v) is 5.06. The first-order chi connectivity index (χ1) is 15.8. The van der Waals surface area contributed by atoms with E-state index in [1.807, 2.05) is 30.3 Å². The van der Waals surface area contributed by atoms with Crippen molar-refractivity contribution in [1.29, 1.82) is 0 Å². The molecule has 0 radical (unpaired) electrons. The summed E-state index contributed by atoms with van der Waals surface area (Å²) in [5.41, 5.74) is 2.09. The van der Waals surface area contributed by atoms with Gasteiger partial charge in [0.15, 0.2) is 0 Å². The molecular formula is C24H31N3O5S. The predicted octanol–water partition coefficient (Wildman–Crippen LogP) is 1.98. The number of piperazine rings is 1. The smallest absolute Gasteiger partial charge is 0.335 e. The molecule has 8 nitrogen and oxygen atoms in total. The lowest BCUT2D eigenvalue weighted by molar-refractivity contribution is -0.461. The van der Waals surface area contributed by atoms with Gasteiger partial charge in [0, 0.05) is 54.5 Å². The highest BCUT2D eigenvalue weighted by molar-refractivity contribution is 7.99. The van der Waals surface area contributed by atoms with Gasteiger partial charge in [-0.2, -0.15) is 0 Å². The maximum atomic E-state index is 9.90. The van der Waals surface area contributed by atoms with Crippen molar-refractivity contribution in [2.24, 2.45) is 4.99 Å². The van der Waals surface area contributed by atoms with E-state index < -0.39 is 11.8 Å². The molecule has 1 fully saturated rings. The van der Waals surface area contributed by atoms with Crippen molar-refractivity contribution in [1.82, 2.24) is 9.80 Å². The van der Waals surface area contributed by atoms with Crippen LogP contribution in [0.5, 0.6) is 0 Å². The molecule has 2 aliphatic rings. The van der Waals surface area contributed by atoms with Crippen LogP contribution in [0.1, 0.15) is 25.3 Å². The van der Waals surface area contributed by atoms with Crippen LogP contribution in [0.3, 0.4) is 0 Å². The third-order valence-corrected chi connectivity index (χ3v) is 7.08. The van der Waals surface area contributed by atoms with Gasteiger partial charge in [-0.1, -0.05) is 55.4 Å². The van der Waals surface area contributed by atoms with Crippen LogP contribution in [0.25, 0.3) is 0 Å². The lowest BCUT2D eigenvalue weighted by Crippen LogP contribution is -2.57. The molecule has 2 heterocycles. The van der Waals surface area contributed by atoms with Crippen molar-refractivity contribution in [3.8, 4) is 0 Å². The summed E-state index contributed by atoms with van der Waals surface area (Å²) in [6.07, 6.45) is 0.168. The summed E-state index contributed by atoms with van der Waals surface area (Å²) in [4.78, 5) is 11.8. The number of rotatable bonds is 7. The SMILES string of the molecule is CCCC(O)(O)C(O)(O)OCCN1CCN(C2=Nc3ccccc3Sc3ccccc32)CC1. The van der Waals surface area contributed by atoms with E-state index in [9.17, 15) is 20.4 Å². The number of hydrogen-bond donors (Lipinski definition) is 4. The molecule has 0 aliphatic carbocycles. The Labute approximate surface area is 198 Å². The summed E-state index contributed by atoms with van der Waals surface area (Å²) in [6, 6.07) is 16.5. The zero-order valence-corrected chi connectivity index (χ0v) is 19.5. The van der Waals surface area contributed by atoms with Gasteiger partial charge in [-0.05, 0) is 18.2 Å². The zero-order chi connectivity index (χ0) is 23.5. The molecule has 0 amide bonds. The molecule has 178 valence electrons. The minimum absolute atomic E-state index is 0.0343. The maximum Gasteiger partial charge on any atom is 0.335 e. The van der Waals surface area contributed by atoms with Gasteiger partial charge in [0.1, 0.15) is 5.84 Å². The summed E-state index contributed by atoms with van der Waals surface area (Å²) in [5, 5.41) is 39.5. The Morgan fingerprint density at radius 3 is 2.33 bits per heavy atom. The van der Waals surface area contributed by atoms with Crippen LogP contribution >= 0.6 is 11.8 Å². The summed E-state index contributed by atoms with van der Waals surface area (Å²) < 4.78 is 5.02. The minimum Gasteiger partial charge on any atom is -0.359 e. The molecule has 4 N–H and O–H groups in total. The molecule has 0 aromatic heterocycles. The van der Waals surface area contributed by atoms with E-state index in [4.69, 9.17) is 9.73 Å². The van der Waals surface area contributed by atoms with Crippen molar-refractivity contribution in [2.45, 2.75) is 41.3 Å². The molecule has 2 aromatic rings. The van der Waals surface area contributed by atoms with Gasteiger partial charge < -0.3 is 30.1 Å². The lowest BCUT2D eigenvalue weighted by Gasteiger charge is -2.38. The van der Waals surface area contributed by atoms with Crippen molar-refractivity contribution in [3.63, 3.8) is 0 Å². The number of aliphatic hydroxyl groups is 4. The number of hydrogen-bond acceptors (Lipinski definition) is 9. The molecule has 4 rings (SSSR count). The molecule has 2 aliphatic heterocycles. The second-order valence-electron chi connectivity index (χ2n) is 8.35. The highest BCUT2D eigenvalue weighted by atomic mass is 32.2. The van der Waals surface area contributed by atoms with Gasteiger partial charge >= 0.3 is 5.97 Å². The normalized spacial score (nSPS) is 17.2. The standard InChI is InChI=1S/C24H31N3O5S/c1-2-11-23(28,29)24(30,31)32-17-16-26-12-14-27(15-13-26)22-18-7-3-5-9-20(18)33-21-10-6-4-8-19(21)25-22/h3-10,28-31H,2,11-17H2,1H3. The average molecular weight is 474 g/mol. The van der Waals surface area contributed by atoms with Crippen LogP contribution in [0.15, 0.2) is 63.3 Å². The monoisotopic (exact) mass is 473 g/mol. The van der Waals surface area contributed by atoms with E-state index in [1.165, 1.54) is 4.90 Å². The van der Waals surface area contributed by atoms with E-state index in [0.29, 0.717) is 13.0 Å². The first-order valence-electron chi connectivity index (χ1n) is 11.3. The molecule has 9 heteroatoms. The Kier molecular flexibility index (Phi) is 7.40. The van der Waals surface area contributed by atoms with Crippen LogP contribution < -0.4 is 0 Å². The summed E-state index contributed by atoms with van der Waals surface area (Å²) in [5.74, 6) is -4.75. The van der Waals surface area contributed by atoms with E-state index in [-0.39, 0.29) is 13.0 Å². The van der Waals surface area contributed by atoms with Crippen LogP contribution in [-0.2, 0) is 4.74 Å². The molecule has 2 aromatic carbocycles. The summed E-state index contributed by atoms with van der Waals surface area (Å²) >= 11 is 1.73. The predicted molar refractivity (Wildman–Crippen MR) is 126 cm³/mol. The molecule has 0 spiro atoms. The Bertz CT molecular complexity index is 990. The zero-order valence-electron chi connectivity index (χ0n) is 18.7. The number of fused-ring (bicyclic) bond motifs is 2. The number of amidine groups is 1. The highest BCUT2D eigenvalue weighted by Crippen LogP contribution is 2.40. The Morgan fingerprint density at radius 1 is 0.939 bits per heavy atom. The average Bonchev–Trinajstić information content (AvgIpc) is 2.96. The molecule has 0 unspecified atom stereocenters. The summed E-state index contributed by atoms with van der Waals surface area (Å²) in [7, 11) is 0. The van der Waals surface area contributed by atoms with Crippen LogP contribution in [-0.4, -0.2) is 87.2 Å². The number of para-hydroxylation sites is 1. The van der Waals surface area contributed by atoms with Gasteiger partial charge in [-0.3, -0.25) is 4.90 Å². The van der Waals surface area contributed by atoms with Gasteiger partial charge in [-0.25, -0.2) is 4.99 Å². The second kappa shape index (κ2) is 10.1. The molecule has 1 saturated heterocycles. The minimum atomic E-state index is -3.01. The second-order valence-corrected chi connectivity index (χ2v) is 9.44. The van der Waals surface area contributed by atoms with Crippen molar-refractivity contribution in [2.75, 3.05) is 39.3 Å². The van der Waals surface area contributed by atoms with Crippen molar-refractivity contribution >= 4 is 23.3 Å². The molecule has 0 atom stereocenters. The Morgan fingerprint density at radius 2 is 1.61 bits per heavy atom. The van der Waals surface area contributed by atoms with Gasteiger partial charge in [0.05, 0.1) is 12.3 Å². The van der Waals surface area contributed by atoms with Gasteiger partial charge in [-0.15, -0.1) is 0 Å². The highest BCUT2D eigenvalue weighted by Gasteiger charge is 2.48. The Balaban J connectivity index is 1.38. The number of ether oxygens (including phenoxy) is 1. The van der Waals surface area contributed by atoms with E-state index in [1.54, 1.807) is 18.7 Å². The third-order valence-electron chi connectivity index (χ3n) is 5.94. The van der Waals surface area contributed by atoms with Crippen molar-refractivity contribution in [3.05, 3.63) is 54.1 Å².